The third-order valence-corrected chi connectivity index (χ3v) is 3.00. The van der Waals surface area contributed by atoms with Gasteiger partial charge in [-0.25, -0.2) is 0 Å². The molecule has 1 rings (SSSR count). The van der Waals surface area contributed by atoms with Crippen molar-refractivity contribution in [2.24, 2.45) is 0 Å². The summed E-state index contributed by atoms with van der Waals surface area (Å²) in [6.45, 7) is 7.74. The minimum absolute atomic E-state index is 0.570. The molecule has 0 aliphatic carbocycles. The molecule has 0 unspecified atom stereocenters. The Kier molecular flexibility index (Phi) is 7.73. The summed E-state index contributed by atoms with van der Waals surface area (Å²) in [5, 5.41) is 3.98. The number of hydrogen-bond donors (Lipinski definition) is 1. The van der Waals surface area contributed by atoms with Crippen molar-refractivity contribution in [3.8, 4) is 11.5 Å². The first-order valence-electron chi connectivity index (χ1n) is 7.01. The molecule has 20 heavy (non-hydrogen) atoms. The molecule has 0 heterocycles. The van der Waals surface area contributed by atoms with Crippen molar-refractivity contribution >= 4 is 11.6 Å². The van der Waals surface area contributed by atoms with Gasteiger partial charge in [0.05, 0.1) is 18.2 Å². The van der Waals surface area contributed by atoms with Crippen molar-refractivity contribution in [3.05, 3.63) is 22.7 Å². The van der Waals surface area contributed by atoms with Crippen LogP contribution >= 0.6 is 11.6 Å². The molecule has 4 nitrogen and oxygen atoms in total. The number of benzene rings is 1. The van der Waals surface area contributed by atoms with Gasteiger partial charge in [0.2, 0.25) is 0 Å². The van der Waals surface area contributed by atoms with Gasteiger partial charge < -0.3 is 19.7 Å². The molecule has 0 amide bonds. The van der Waals surface area contributed by atoms with Gasteiger partial charge in [0.25, 0.3) is 0 Å². The van der Waals surface area contributed by atoms with Crippen LogP contribution in [-0.2, 0) is 6.54 Å². The van der Waals surface area contributed by atoms with Crippen LogP contribution in [0.2, 0.25) is 5.02 Å². The fourth-order valence-corrected chi connectivity index (χ4v) is 2.09. The van der Waals surface area contributed by atoms with Crippen molar-refractivity contribution in [3.63, 3.8) is 0 Å². The molecule has 5 heteroatoms. The zero-order valence-corrected chi connectivity index (χ0v) is 13.6. The number of likely N-dealkylation sites (N-methyl/N-ethyl adjacent to an activating group) is 1. The van der Waals surface area contributed by atoms with Crippen LogP contribution < -0.4 is 14.8 Å². The van der Waals surface area contributed by atoms with E-state index < -0.39 is 0 Å². The second-order valence-corrected chi connectivity index (χ2v) is 5.16. The van der Waals surface area contributed by atoms with E-state index >= 15 is 0 Å². The average molecular weight is 301 g/mol. The molecular formula is C15H25ClN2O2. The van der Waals surface area contributed by atoms with Gasteiger partial charge in [-0.1, -0.05) is 11.6 Å². The highest BCUT2D eigenvalue weighted by Crippen LogP contribution is 2.36. The fourth-order valence-electron chi connectivity index (χ4n) is 1.81. The van der Waals surface area contributed by atoms with Gasteiger partial charge >= 0.3 is 0 Å². The summed E-state index contributed by atoms with van der Waals surface area (Å²) < 4.78 is 11.2. The van der Waals surface area contributed by atoms with Crippen LogP contribution in [0.3, 0.4) is 0 Å². The summed E-state index contributed by atoms with van der Waals surface area (Å²) in [6.07, 6.45) is 0. The van der Waals surface area contributed by atoms with E-state index in [1.165, 1.54) is 0 Å². The fraction of sp³-hybridized carbons (Fsp3) is 0.600. The molecule has 0 aliphatic heterocycles. The first-order chi connectivity index (χ1) is 9.58. The molecule has 1 aromatic rings. The van der Waals surface area contributed by atoms with Crippen molar-refractivity contribution in [1.29, 1.82) is 0 Å². The number of rotatable bonds is 9. The van der Waals surface area contributed by atoms with E-state index in [9.17, 15) is 0 Å². The molecule has 0 spiro atoms. The van der Waals surface area contributed by atoms with Crippen LogP contribution in [0, 0.1) is 0 Å². The summed E-state index contributed by atoms with van der Waals surface area (Å²) in [5.74, 6) is 1.35. The number of nitrogens with one attached hydrogen (secondary N) is 1. The Morgan fingerprint density at radius 1 is 1.15 bits per heavy atom. The Balaban J connectivity index is 2.72. The zero-order valence-electron chi connectivity index (χ0n) is 12.8. The van der Waals surface area contributed by atoms with Crippen molar-refractivity contribution in [2.45, 2.75) is 20.4 Å². The first kappa shape index (κ1) is 17.1. The third kappa shape index (κ3) is 5.57. The van der Waals surface area contributed by atoms with Gasteiger partial charge in [0.15, 0.2) is 11.5 Å². The second-order valence-electron chi connectivity index (χ2n) is 4.75. The van der Waals surface area contributed by atoms with E-state index in [1.807, 2.05) is 26.0 Å². The SMILES string of the molecule is CCOc1cc(CNCCN(C)C)cc(Cl)c1OCC. The Bertz CT molecular complexity index is 411. The summed E-state index contributed by atoms with van der Waals surface area (Å²) >= 11 is 6.27. The van der Waals surface area contributed by atoms with Crippen molar-refractivity contribution < 1.29 is 9.47 Å². The lowest BCUT2D eigenvalue weighted by Gasteiger charge is -2.15. The van der Waals surface area contributed by atoms with E-state index in [0.29, 0.717) is 29.7 Å². The molecule has 0 fully saturated rings. The summed E-state index contributed by atoms with van der Waals surface area (Å²) in [7, 11) is 4.12. The maximum absolute atomic E-state index is 6.27. The van der Waals surface area contributed by atoms with Crippen LogP contribution in [0.15, 0.2) is 12.1 Å². The summed E-state index contributed by atoms with van der Waals surface area (Å²) in [4.78, 5) is 2.14. The molecule has 0 atom stereocenters. The molecule has 0 saturated heterocycles. The van der Waals surface area contributed by atoms with Crippen LogP contribution in [0.25, 0.3) is 0 Å². The highest BCUT2D eigenvalue weighted by Gasteiger charge is 2.12. The predicted octanol–water partition coefficient (Wildman–Crippen LogP) is 2.79. The lowest BCUT2D eigenvalue weighted by Crippen LogP contribution is -2.26. The van der Waals surface area contributed by atoms with Crippen LogP contribution in [0.5, 0.6) is 11.5 Å². The standard InChI is InChI=1S/C15H25ClN2O2/c1-5-19-14-10-12(11-17-7-8-18(3)4)9-13(16)15(14)20-6-2/h9-10,17H,5-8,11H2,1-4H3. The third-order valence-electron chi connectivity index (χ3n) is 2.72. The van der Waals surface area contributed by atoms with Gasteiger partial charge in [-0.2, -0.15) is 0 Å². The quantitative estimate of drug-likeness (QED) is 0.711. The maximum Gasteiger partial charge on any atom is 0.179 e. The first-order valence-corrected chi connectivity index (χ1v) is 7.39. The Hall–Kier alpha value is -0.970. The second kappa shape index (κ2) is 9.06. The molecular weight excluding hydrogens is 276 g/mol. The molecule has 114 valence electrons. The normalized spacial score (nSPS) is 10.9. The zero-order chi connectivity index (χ0) is 15.0. The van der Waals surface area contributed by atoms with E-state index in [2.05, 4.69) is 24.3 Å². The van der Waals surface area contributed by atoms with Crippen molar-refractivity contribution in [1.82, 2.24) is 10.2 Å². The summed E-state index contributed by atoms with van der Waals surface area (Å²) in [6, 6.07) is 3.92. The van der Waals surface area contributed by atoms with Gasteiger partial charge in [0.1, 0.15) is 0 Å². The van der Waals surface area contributed by atoms with Crippen LogP contribution in [0.4, 0.5) is 0 Å². The van der Waals surface area contributed by atoms with Crippen LogP contribution in [0.1, 0.15) is 19.4 Å². The lowest BCUT2D eigenvalue weighted by molar-refractivity contribution is 0.287. The van der Waals surface area contributed by atoms with E-state index in [0.717, 1.165) is 25.2 Å². The monoisotopic (exact) mass is 300 g/mol. The Labute approximate surface area is 127 Å². The van der Waals surface area contributed by atoms with Gasteiger partial charge in [0, 0.05) is 19.6 Å². The molecule has 0 saturated carbocycles. The number of hydrogen-bond acceptors (Lipinski definition) is 4. The Morgan fingerprint density at radius 3 is 2.45 bits per heavy atom. The number of halogens is 1. The van der Waals surface area contributed by atoms with Gasteiger partial charge in [-0.15, -0.1) is 0 Å². The average Bonchev–Trinajstić information content (AvgIpc) is 2.39. The molecule has 1 aromatic carbocycles. The van der Waals surface area contributed by atoms with Gasteiger partial charge in [-0.3, -0.25) is 0 Å². The topological polar surface area (TPSA) is 33.7 Å². The van der Waals surface area contributed by atoms with Crippen LogP contribution in [-0.4, -0.2) is 45.3 Å². The molecule has 0 aromatic heterocycles. The maximum atomic E-state index is 6.27. The smallest absolute Gasteiger partial charge is 0.179 e. The van der Waals surface area contributed by atoms with Gasteiger partial charge in [-0.05, 0) is 45.6 Å². The molecule has 1 N–H and O–H groups in total. The minimum Gasteiger partial charge on any atom is -0.490 e. The van der Waals surface area contributed by atoms with E-state index in [4.69, 9.17) is 21.1 Å². The predicted molar refractivity (Wildman–Crippen MR) is 84.1 cm³/mol. The lowest BCUT2D eigenvalue weighted by atomic mass is 10.2. The number of nitrogens with zero attached hydrogens (tertiary/aromatic N) is 1. The van der Waals surface area contributed by atoms with E-state index in [-0.39, 0.29) is 0 Å². The Morgan fingerprint density at radius 2 is 1.85 bits per heavy atom. The molecule has 0 radical (unpaired) electrons. The largest absolute Gasteiger partial charge is 0.490 e. The highest BCUT2D eigenvalue weighted by atomic mass is 35.5. The van der Waals surface area contributed by atoms with Crippen molar-refractivity contribution in [2.75, 3.05) is 40.4 Å². The highest BCUT2D eigenvalue weighted by molar-refractivity contribution is 6.32. The number of ether oxygens (including phenoxy) is 2. The van der Waals surface area contributed by atoms with E-state index in [1.54, 1.807) is 0 Å². The minimum atomic E-state index is 0.570. The summed E-state index contributed by atoms with van der Waals surface area (Å²) in [5.41, 5.74) is 1.10. The molecule has 0 bridgehead atoms. The molecule has 0 aliphatic rings.